The number of nitrogens with one attached hydrogen (secondary N) is 1. The first-order chi connectivity index (χ1) is 9.15. The maximum Gasteiger partial charge on any atom is 0.261 e. The number of benzene rings is 1. The van der Waals surface area contributed by atoms with Crippen LogP contribution in [0.2, 0.25) is 0 Å². The molecular formula is C11H11N5O3. The lowest BCUT2D eigenvalue weighted by Gasteiger charge is -2.00. The Morgan fingerprint density at radius 2 is 2.32 bits per heavy atom. The van der Waals surface area contributed by atoms with Crippen LogP contribution in [0.4, 0.5) is 0 Å². The lowest BCUT2D eigenvalue weighted by Crippen LogP contribution is -2.23. The summed E-state index contributed by atoms with van der Waals surface area (Å²) in [5.74, 6) is -0.556. The number of hydrogen-bond acceptors (Lipinski definition) is 6. The average Bonchev–Trinajstić information content (AvgIpc) is 2.84. The molecule has 0 aliphatic rings. The van der Waals surface area contributed by atoms with Crippen molar-refractivity contribution in [1.82, 2.24) is 20.2 Å². The quantitative estimate of drug-likeness (QED) is 0.523. The summed E-state index contributed by atoms with van der Waals surface area (Å²) in [6.45, 7) is -0.00109. The van der Waals surface area contributed by atoms with Crippen LogP contribution in [0.15, 0.2) is 36.0 Å². The number of nitrogens with zero attached hydrogens (tertiary/aromatic N) is 4. The largest absolute Gasteiger partial charge is 0.508 e. The van der Waals surface area contributed by atoms with Gasteiger partial charge in [0.25, 0.3) is 5.91 Å². The second kappa shape index (κ2) is 5.63. The summed E-state index contributed by atoms with van der Waals surface area (Å²) >= 11 is 0. The zero-order chi connectivity index (χ0) is 13.7. The fourth-order valence-electron chi connectivity index (χ4n) is 1.31. The molecule has 2 rings (SSSR count). The third-order valence-corrected chi connectivity index (χ3v) is 2.18. The lowest BCUT2D eigenvalue weighted by molar-refractivity contribution is -0.121. The fraction of sp³-hybridized carbons (Fsp3) is 0.0909. The van der Waals surface area contributed by atoms with Gasteiger partial charge in [-0.3, -0.25) is 4.79 Å². The molecule has 0 saturated heterocycles. The van der Waals surface area contributed by atoms with Crippen molar-refractivity contribution < 1.29 is 15.0 Å². The molecule has 0 aliphatic heterocycles. The molecule has 3 N–H and O–H groups in total. The molecule has 1 aromatic heterocycles. The molecule has 0 unspecified atom stereocenters. The maximum absolute atomic E-state index is 11.4. The van der Waals surface area contributed by atoms with Gasteiger partial charge in [-0.15, -0.1) is 0 Å². The van der Waals surface area contributed by atoms with Crippen molar-refractivity contribution in [2.75, 3.05) is 0 Å². The van der Waals surface area contributed by atoms with Gasteiger partial charge in [0.1, 0.15) is 30.7 Å². The fourth-order valence-corrected chi connectivity index (χ4v) is 1.31. The number of aromatic hydroxyl groups is 2. The Balaban J connectivity index is 1.91. The first-order valence-electron chi connectivity index (χ1n) is 5.31. The topological polar surface area (TPSA) is 113 Å². The molecule has 0 atom stereocenters. The number of hydrogen-bond donors (Lipinski definition) is 3. The zero-order valence-electron chi connectivity index (χ0n) is 9.76. The summed E-state index contributed by atoms with van der Waals surface area (Å²) in [5, 5.41) is 26.0. The van der Waals surface area contributed by atoms with Crippen molar-refractivity contribution in [3.8, 4) is 11.5 Å². The molecule has 0 fully saturated rings. The highest BCUT2D eigenvalue weighted by Gasteiger charge is 2.02. The molecule has 1 amide bonds. The van der Waals surface area contributed by atoms with Gasteiger partial charge in [0.05, 0.1) is 6.21 Å². The molecule has 0 radical (unpaired) electrons. The second-order valence-electron chi connectivity index (χ2n) is 3.63. The molecule has 0 spiro atoms. The SMILES string of the molecule is O=C(Cn1cncn1)NN=Cc1ccc(O)cc1O. The lowest BCUT2D eigenvalue weighted by atomic mass is 10.2. The van der Waals surface area contributed by atoms with Gasteiger partial charge in [0, 0.05) is 11.6 Å². The normalized spacial score (nSPS) is 10.7. The first-order valence-corrected chi connectivity index (χ1v) is 5.31. The van der Waals surface area contributed by atoms with Gasteiger partial charge in [-0.05, 0) is 12.1 Å². The van der Waals surface area contributed by atoms with E-state index in [1.807, 2.05) is 0 Å². The Hall–Kier alpha value is -2.90. The van der Waals surface area contributed by atoms with Crippen molar-refractivity contribution >= 4 is 12.1 Å². The minimum Gasteiger partial charge on any atom is -0.508 e. The maximum atomic E-state index is 11.4. The van der Waals surface area contributed by atoms with Gasteiger partial charge in [-0.25, -0.2) is 15.1 Å². The number of carbonyl (C=O) groups is 1. The highest BCUT2D eigenvalue weighted by atomic mass is 16.3. The smallest absolute Gasteiger partial charge is 0.261 e. The Morgan fingerprint density at radius 3 is 3.00 bits per heavy atom. The first kappa shape index (κ1) is 12.6. The van der Waals surface area contributed by atoms with E-state index in [2.05, 4.69) is 20.6 Å². The number of rotatable bonds is 4. The number of carbonyl (C=O) groups excluding carboxylic acids is 1. The summed E-state index contributed by atoms with van der Waals surface area (Å²) in [7, 11) is 0. The van der Waals surface area contributed by atoms with Gasteiger partial charge in [-0.2, -0.15) is 10.2 Å². The Morgan fingerprint density at radius 1 is 1.47 bits per heavy atom. The van der Waals surface area contributed by atoms with Crippen molar-refractivity contribution in [3.63, 3.8) is 0 Å². The number of aromatic nitrogens is 3. The molecule has 2 aromatic rings. The van der Waals surface area contributed by atoms with Crippen LogP contribution >= 0.6 is 0 Å². The van der Waals surface area contributed by atoms with E-state index in [1.54, 1.807) is 0 Å². The van der Waals surface area contributed by atoms with Crippen molar-refractivity contribution in [3.05, 3.63) is 36.4 Å². The van der Waals surface area contributed by atoms with Gasteiger partial charge >= 0.3 is 0 Å². The van der Waals surface area contributed by atoms with Crippen molar-refractivity contribution in [1.29, 1.82) is 0 Å². The monoisotopic (exact) mass is 261 g/mol. The van der Waals surface area contributed by atoms with Crippen LogP contribution in [0.25, 0.3) is 0 Å². The average molecular weight is 261 g/mol. The highest BCUT2D eigenvalue weighted by Crippen LogP contribution is 2.20. The van der Waals surface area contributed by atoms with Crippen LogP contribution in [0.3, 0.4) is 0 Å². The van der Waals surface area contributed by atoms with Gasteiger partial charge < -0.3 is 10.2 Å². The minimum absolute atomic E-state index is 0.00109. The minimum atomic E-state index is -0.375. The van der Waals surface area contributed by atoms with Gasteiger partial charge in [0.15, 0.2) is 0 Å². The Bertz CT molecular complexity index is 594. The van der Waals surface area contributed by atoms with Crippen LogP contribution in [0.5, 0.6) is 11.5 Å². The van der Waals surface area contributed by atoms with E-state index in [0.717, 1.165) is 0 Å². The molecular weight excluding hydrogens is 250 g/mol. The summed E-state index contributed by atoms with van der Waals surface area (Å²) in [6, 6.07) is 4.05. The van der Waals surface area contributed by atoms with Crippen LogP contribution in [-0.4, -0.2) is 37.1 Å². The summed E-state index contributed by atoms with van der Waals surface area (Å²) in [6.07, 6.45) is 4.01. The number of hydrazone groups is 1. The van der Waals surface area contributed by atoms with E-state index in [9.17, 15) is 9.90 Å². The molecule has 1 heterocycles. The number of phenolic OH excluding ortho intramolecular Hbond substituents is 2. The van der Waals surface area contributed by atoms with E-state index in [-0.39, 0.29) is 24.0 Å². The van der Waals surface area contributed by atoms with E-state index < -0.39 is 0 Å². The molecule has 0 bridgehead atoms. The Kier molecular flexibility index (Phi) is 3.72. The summed E-state index contributed by atoms with van der Waals surface area (Å²) < 4.78 is 1.35. The molecule has 19 heavy (non-hydrogen) atoms. The van der Waals surface area contributed by atoms with Gasteiger partial charge in [-0.1, -0.05) is 0 Å². The molecule has 0 aliphatic carbocycles. The standard InChI is InChI=1S/C11H11N5O3/c17-9-2-1-8(10(18)3-9)4-13-15-11(19)5-16-7-12-6-14-16/h1-4,6-7,17-18H,5H2,(H,15,19). The third kappa shape index (κ3) is 3.53. The van der Waals surface area contributed by atoms with Crippen molar-refractivity contribution in [2.45, 2.75) is 6.54 Å². The third-order valence-electron chi connectivity index (χ3n) is 2.18. The number of amides is 1. The van der Waals surface area contributed by atoms with Crippen LogP contribution < -0.4 is 5.43 Å². The second-order valence-corrected chi connectivity index (χ2v) is 3.63. The molecule has 98 valence electrons. The molecule has 0 saturated carbocycles. The predicted molar refractivity (Wildman–Crippen MR) is 65.5 cm³/mol. The van der Waals surface area contributed by atoms with Crippen molar-refractivity contribution in [2.24, 2.45) is 5.10 Å². The molecule has 1 aromatic carbocycles. The summed E-state index contributed by atoms with van der Waals surface area (Å²) in [5.41, 5.74) is 2.65. The van der Waals surface area contributed by atoms with E-state index in [1.165, 1.54) is 41.8 Å². The van der Waals surface area contributed by atoms with Crippen LogP contribution in [0.1, 0.15) is 5.56 Å². The highest BCUT2D eigenvalue weighted by molar-refractivity contribution is 5.85. The van der Waals surface area contributed by atoms with E-state index >= 15 is 0 Å². The number of phenols is 2. The molecule has 8 heteroatoms. The van der Waals surface area contributed by atoms with E-state index in [0.29, 0.717) is 5.56 Å². The van der Waals surface area contributed by atoms with Gasteiger partial charge in [0.2, 0.25) is 0 Å². The molecule has 8 nitrogen and oxygen atoms in total. The predicted octanol–water partition coefficient (Wildman–Crippen LogP) is -0.160. The zero-order valence-corrected chi connectivity index (χ0v) is 9.76. The van der Waals surface area contributed by atoms with Crippen LogP contribution in [-0.2, 0) is 11.3 Å². The Labute approximate surface area is 108 Å². The van der Waals surface area contributed by atoms with Crippen LogP contribution in [0, 0.1) is 0 Å². The van der Waals surface area contributed by atoms with E-state index in [4.69, 9.17) is 5.11 Å². The summed E-state index contributed by atoms with van der Waals surface area (Å²) in [4.78, 5) is 15.1.